The summed E-state index contributed by atoms with van der Waals surface area (Å²) in [5.74, 6) is -0.397. The third-order valence-electron chi connectivity index (χ3n) is 4.83. The molecule has 0 saturated heterocycles. The first-order chi connectivity index (χ1) is 16.3. The largest absolute Gasteiger partial charge is 0.490 e. The first-order valence-electron chi connectivity index (χ1n) is 10.5. The molecule has 2 aromatic rings. The first-order valence-corrected chi connectivity index (χ1v) is 11.7. The molecular formula is C24H21ClN4O4S. The number of carbonyl (C=O) groups excluding carboxylic acids is 2. The van der Waals surface area contributed by atoms with Crippen molar-refractivity contribution in [2.75, 3.05) is 6.61 Å². The van der Waals surface area contributed by atoms with Crippen molar-refractivity contribution < 1.29 is 19.1 Å². The van der Waals surface area contributed by atoms with Gasteiger partial charge in [0.2, 0.25) is 5.17 Å². The van der Waals surface area contributed by atoms with E-state index in [-0.39, 0.29) is 23.1 Å². The summed E-state index contributed by atoms with van der Waals surface area (Å²) in [6.45, 7) is 6.13. The molecule has 0 bridgehead atoms. The van der Waals surface area contributed by atoms with Gasteiger partial charge in [-0.2, -0.15) is 15.1 Å². The Labute approximate surface area is 205 Å². The fraction of sp³-hybridized carbons (Fsp3) is 0.208. The van der Waals surface area contributed by atoms with E-state index in [2.05, 4.69) is 10.1 Å². The van der Waals surface area contributed by atoms with E-state index in [0.717, 1.165) is 5.04 Å². The number of halogens is 1. The number of hydrogen-bond donors (Lipinski definition) is 1. The molecule has 1 amide bonds. The average Bonchev–Trinajstić information content (AvgIpc) is 3.23. The maximum absolute atomic E-state index is 12.6. The number of aliphatic imine (C=N–C) groups is 1. The lowest BCUT2D eigenvalue weighted by Crippen LogP contribution is -2.35. The van der Waals surface area contributed by atoms with Crippen molar-refractivity contribution in [3.63, 3.8) is 0 Å². The van der Waals surface area contributed by atoms with Gasteiger partial charge in [0.25, 0.3) is 5.91 Å². The van der Waals surface area contributed by atoms with Gasteiger partial charge < -0.3 is 9.47 Å². The van der Waals surface area contributed by atoms with Gasteiger partial charge in [0.1, 0.15) is 5.04 Å². The molecule has 174 valence electrons. The average molecular weight is 497 g/mol. The summed E-state index contributed by atoms with van der Waals surface area (Å²) in [4.78, 5) is 29.2. The zero-order valence-corrected chi connectivity index (χ0v) is 20.2. The molecule has 0 saturated carbocycles. The molecule has 0 fully saturated rings. The molecular weight excluding hydrogens is 476 g/mol. The van der Waals surface area contributed by atoms with E-state index in [1.54, 1.807) is 48.5 Å². The van der Waals surface area contributed by atoms with Crippen molar-refractivity contribution in [3.05, 3.63) is 64.2 Å². The number of amides is 1. The monoisotopic (exact) mass is 496 g/mol. The van der Waals surface area contributed by atoms with Gasteiger partial charge in [-0.1, -0.05) is 31.5 Å². The van der Waals surface area contributed by atoms with Crippen LogP contribution in [0.1, 0.15) is 36.7 Å². The number of carbonyl (C=O) groups is 2. The van der Waals surface area contributed by atoms with Crippen LogP contribution in [-0.2, 0) is 4.79 Å². The summed E-state index contributed by atoms with van der Waals surface area (Å²) in [5.41, 5.74) is 1.03. The van der Waals surface area contributed by atoms with Gasteiger partial charge in [-0.05, 0) is 66.7 Å². The number of ether oxygens (including phenoxy) is 2. The number of fused-ring (bicyclic) bond motifs is 1. The molecule has 0 spiro atoms. The Balaban J connectivity index is 1.61. The Bertz CT molecular complexity index is 1270. The van der Waals surface area contributed by atoms with E-state index in [1.165, 1.54) is 16.8 Å². The number of nitrogens with one attached hydrogen (secondary N) is 1. The number of thioether (sulfide) groups is 1. The van der Waals surface area contributed by atoms with Crippen LogP contribution < -0.4 is 9.47 Å². The number of amidine groups is 2. The normalized spacial score (nSPS) is 16.5. The Morgan fingerprint density at radius 1 is 1.21 bits per heavy atom. The third-order valence-corrected chi connectivity index (χ3v) is 6.29. The highest BCUT2D eigenvalue weighted by atomic mass is 35.5. The highest BCUT2D eigenvalue weighted by Crippen LogP contribution is 2.33. The minimum Gasteiger partial charge on any atom is -0.490 e. The van der Waals surface area contributed by atoms with Crippen LogP contribution in [0.5, 0.6) is 11.5 Å². The molecule has 8 nitrogen and oxygen atoms in total. The lowest BCUT2D eigenvalue weighted by molar-refractivity contribution is -0.114. The summed E-state index contributed by atoms with van der Waals surface area (Å²) < 4.78 is 11.2. The van der Waals surface area contributed by atoms with Crippen LogP contribution in [0.4, 0.5) is 0 Å². The van der Waals surface area contributed by atoms with Crippen LogP contribution in [0.3, 0.4) is 0 Å². The molecule has 34 heavy (non-hydrogen) atoms. The van der Waals surface area contributed by atoms with Crippen LogP contribution in [0.15, 0.2) is 58.1 Å². The first kappa shape index (κ1) is 23.7. The highest BCUT2D eigenvalue weighted by Gasteiger charge is 2.36. The SMILES string of the molecule is CCOc1cc(/C=C2/C(=N)N3N=C(C(C)C)SC3=NC2=O)ccc1OC(=O)c1ccc(Cl)cc1. The smallest absolute Gasteiger partial charge is 0.343 e. The molecule has 0 atom stereocenters. The Morgan fingerprint density at radius 2 is 1.94 bits per heavy atom. The third kappa shape index (κ3) is 4.90. The second kappa shape index (κ2) is 9.82. The van der Waals surface area contributed by atoms with E-state index < -0.39 is 11.9 Å². The molecule has 4 rings (SSSR count). The van der Waals surface area contributed by atoms with Gasteiger partial charge in [0.05, 0.1) is 17.7 Å². The maximum atomic E-state index is 12.6. The van der Waals surface area contributed by atoms with Crippen molar-refractivity contribution in [3.8, 4) is 11.5 Å². The van der Waals surface area contributed by atoms with E-state index in [9.17, 15) is 9.59 Å². The van der Waals surface area contributed by atoms with Crippen LogP contribution >= 0.6 is 23.4 Å². The molecule has 0 unspecified atom stereocenters. The van der Waals surface area contributed by atoms with Crippen molar-refractivity contribution in [2.45, 2.75) is 20.8 Å². The summed E-state index contributed by atoms with van der Waals surface area (Å²) in [5, 5.41) is 16.0. The molecule has 2 aliphatic heterocycles. The molecule has 2 aromatic carbocycles. The summed E-state index contributed by atoms with van der Waals surface area (Å²) >= 11 is 7.17. The number of hydrazone groups is 1. The number of nitrogens with zero attached hydrogens (tertiary/aromatic N) is 3. The van der Waals surface area contributed by atoms with Gasteiger partial charge in [-0.3, -0.25) is 10.2 Å². The lowest BCUT2D eigenvalue weighted by Gasteiger charge is -2.20. The molecule has 2 aliphatic rings. The summed E-state index contributed by atoms with van der Waals surface area (Å²) in [6.07, 6.45) is 1.55. The summed E-state index contributed by atoms with van der Waals surface area (Å²) in [6, 6.07) is 11.2. The number of rotatable bonds is 6. The zero-order valence-electron chi connectivity index (χ0n) is 18.7. The van der Waals surface area contributed by atoms with Gasteiger partial charge in [-0.25, -0.2) is 4.79 Å². The number of esters is 1. The van der Waals surface area contributed by atoms with Gasteiger partial charge >= 0.3 is 5.97 Å². The molecule has 0 aromatic heterocycles. The topological polar surface area (TPSA) is 104 Å². The quantitative estimate of drug-likeness (QED) is 0.333. The standard InChI is InChI=1S/C24H21ClN4O4S/c1-4-32-19-12-14(5-10-18(19)33-23(31)15-6-8-16(25)9-7-15)11-17-20(26)29-24(27-21(17)30)34-22(28-29)13(2)3/h5-13,26H,4H2,1-3H3/b17-11-,26-20?. The lowest BCUT2D eigenvalue weighted by atomic mass is 10.1. The van der Waals surface area contributed by atoms with Crippen LogP contribution in [0.25, 0.3) is 6.08 Å². The minimum atomic E-state index is -0.555. The van der Waals surface area contributed by atoms with E-state index in [0.29, 0.717) is 33.7 Å². The summed E-state index contributed by atoms with van der Waals surface area (Å²) in [7, 11) is 0. The Morgan fingerprint density at radius 3 is 2.62 bits per heavy atom. The molecule has 0 radical (unpaired) electrons. The zero-order chi connectivity index (χ0) is 24.4. The van der Waals surface area contributed by atoms with Crippen LogP contribution in [-0.4, -0.2) is 39.5 Å². The van der Waals surface area contributed by atoms with Crippen molar-refractivity contribution >= 4 is 57.4 Å². The molecule has 1 N–H and O–H groups in total. The van der Waals surface area contributed by atoms with Gasteiger partial charge in [0.15, 0.2) is 17.3 Å². The van der Waals surface area contributed by atoms with Crippen LogP contribution in [0.2, 0.25) is 5.02 Å². The van der Waals surface area contributed by atoms with E-state index in [1.807, 2.05) is 20.8 Å². The molecule has 0 aliphatic carbocycles. The van der Waals surface area contributed by atoms with Crippen molar-refractivity contribution in [1.29, 1.82) is 5.41 Å². The van der Waals surface area contributed by atoms with Crippen molar-refractivity contribution in [2.24, 2.45) is 16.0 Å². The highest BCUT2D eigenvalue weighted by molar-refractivity contribution is 8.27. The van der Waals surface area contributed by atoms with Crippen molar-refractivity contribution in [1.82, 2.24) is 5.01 Å². The predicted molar refractivity (Wildman–Crippen MR) is 134 cm³/mol. The van der Waals surface area contributed by atoms with E-state index >= 15 is 0 Å². The minimum absolute atomic E-state index is 0.0469. The fourth-order valence-corrected chi connectivity index (χ4v) is 4.14. The Kier molecular flexibility index (Phi) is 6.85. The van der Waals surface area contributed by atoms with Crippen LogP contribution in [0, 0.1) is 11.3 Å². The second-order valence-electron chi connectivity index (χ2n) is 7.65. The molecule has 10 heteroatoms. The predicted octanol–water partition coefficient (Wildman–Crippen LogP) is 5.23. The maximum Gasteiger partial charge on any atom is 0.343 e. The second-order valence-corrected chi connectivity index (χ2v) is 9.07. The number of benzene rings is 2. The molecule has 2 heterocycles. The van der Waals surface area contributed by atoms with Gasteiger partial charge in [-0.15, -0.1) is 0 Å². The fourth-order valence-electron chi connectivity index (χ4n) is 3.12. The van der Waals surface area contributed by atoms with E-state index in [4.69, 9.17) is 26.5 Å². The number of hydrogen-bond acceptors (Lipinski definition) is 7. The van der Waals surface area contributed by atoms with Gasteiger partial charge in [0, 0.05) is 10.9 Å². The Hall–Kier alpha value is -3.43.